The predicted molar refractivity (Wildman–Crippen MR) is 185 cm³/mol. The van der Waals surface area contributed by atoms with Gasteiger partial charge in [0.05, 0.1) is 6.54 Å². The fraction of sp³-hybridized carbons (Fsp3) is 0.220. The van der Waals surface area contributed by atoms with Crippen LogP contribution >= 0.6 is 0 Å². The lowest BCUT2D eigenvalue weighted by Gasteiger charge is -2.43. The zero-order valence-corrected chi connectivity index (χ0v) is 25.4. The van der Waals surface area contributed by atoms with Crippen molar-refractivity contribution in [2.45, 2.75) is 32.1 Å². The van der Waals surface area contributed by atoms with E-state index in [4.69, 9.17) is 9.98 Å². The van der Waals surface area contributed by atoms with Crippen LogP contribution in [0.15, 0.2) is 138 Å². The summed E-state index contributed by atoms with van der Waals surface area (Å²) in [5, 5.41) is 2.52. The lowest BCUT2D eigenvalue weighted by atomic mass is 9.69. The van der Waals surface area contributed by atoms with Crippen LogP contribution in [0.3, 0.4) is 0 Å². The smallest absolute Gasteiger partial charge is 0.137 e. The molecule has 2 unspecified atom stereocenters. The molecule has 3 heterocycles. The Morgan fingerprint density at radius 1 is 0.909 bits per heavy atom. The first-order valence-electron chi connectivity index (χ1n) is 15.8. The predicted octanol–water partition coefficient (Wildman–Crippen LogP) is 9.48. The molecular formula is C41H37N3. The normalized spacial score (nSPS) is 22.5. The first kappa shape index (κ1) is 26.8. The van der Waals surface area contributed by atoms with Crippen LogP contribution in [0, 0.1) is 11.3 Å². The van der Waals surface area contributed by atoms with Gasteiger partial charge in [-0.05, 0) is 81.6 Å². The molecule has 4 aliphatic rings. The van der Waals surface area contributed by atoms with E-state index in [-0.39, 0.29) is 10.8 Å². The van der Waals surface area contributed by atoms with Crippen LogP contribution in [0.25, 0.3) is 21.9 Å². The van der Waals surface area contributed by atoms with Crippen LogP contribution in [0.5, 0.6) is 0 Å². The molecule has 0 N–H and O–H groups in total. The Labute approximate surface area is 260 Å². The number of allylic oxidation sites excluding steroid dienone is 7. The monoisotopic (exact) mass is 571 g/mol. The number of benzene rings is 3. The zero-order valence-electron chi connectivity index (χ0n) is 25.4. The van der Waals surface area contributed by atoms with E-state index in [1.807, 2.05) is 12.4 Å². The van der Waals surface area contributed by atoms with Crippen molar-refractivity contribution in [2.75, 3.05) is 18.0 Å². The van der Waals surface area contributed by atoms with Crippen molar-refractivity contribution in [3.05, 3.63) is 150 Å². The maximum absolute atomic E-state index is 5.12. The average Bonchev–Trinajstić information content (AvgIpc) is 3.06. The molecule has 0 bridgehead atoms. The Morgan fingerprint density at radius 3 is 2.70 bits per heavy atom. The first-order chi connectivity index (χ1) is 21.5. The van der Waals surface area contributed by atoms with Crippen LogP contribution in [-0.2, 0) is 11.8 Å². The molecule has 0 amide bonds. The number of nitrogens with zero attached hydrogens (tertiary/aromatic N) is 3. The zero-order chi connectivity index (χ0) is 29.7. The highest BCUT2D eigenvalue weighted by Crippen LogP contribution is 2.52. The molecule has 1 aromatic heterocycles. The third-order valence-electron chi connectivity index (χ3n) is 10.0. The van der Waals surface area contributed by atoms with E-state index in [0.29, 0.717) is 5.92 Å². The number of fused-ring (bicyclic) bond motifs is 4. The van der Waals surface area contributed by atoms with E-state index in [0.717, 1.165) is 31.7 Å². The van der Waals surface area contributed by atoms with Gasteiger partial charge in [-0.15, -0.1) is 0 Å². The van der Waals surface area contributed by atoms with Crippen molar-refractivity contribution < 1.29 is 0 Å². The molecule has 8 rings (SSSR count). The van der Waals surface area contributed by atoms with Crippen LogP contribution in [0.4, 0.5) is 11.5 Å². The Morgan fingerprint density at radius 2 is 1.82 bits per heavy atom. The summed E-state index contributed by atoms with van der Waals surface area (Å²) in [6.07, 6.45) is 26.0. The van der Waals surface area contributed by atoms with Gasteiger partial charge in [0.1, 0.15) is 5.82 Å². The van der Waals surface area contributed by atoms with Gasteiger partial charge in [-0.1, -0.05) is 111 Å². The molecule has 0 fully saturated rings. The van der Waals surface area contributed by atoms with Crippen molar-refractivity contribution in [1.29, 1.82) is 0 Å². The summed E-state index contributed by atoms with van der Waals surface area (Å²) in [5.74, 6) is 1.51. The third-order valence-corrected chi connectivity index (χ3v) is 10.0. The molecule has 4 aromatic rings. The summed E-state index contributed by atoms with van der Waals surface area (Å²) in [6, 6.07) is 24.9. The molecule has 216 valence electrons. The molecule has 3 nitrogen and oxygen atoms in total. The van der Waals surface area contributed by atoms with Gasteiger partial charge >= 0.3 is 0 Å². The fourth-order valence-corrected chi connectivity index (χ4v) is 7.69. The van der Waals surface area contributed by atoms with Gasteiger partial charge < -0.3 is 4.90 Å². The van der Waals surface area contributed by atoms with Crippen molar-refractivity contribution in [2.24, 2.45) is 16.3 Å². The summed E-state index contributed by atoms with van der Waals surface area (Å²) >= 11 is 0. The van der Waals surface area contributed by atoms with Gasteiger partial charge in [0.15, 0.2) is 0 Å². The Hall–Kier alpha value is -4.76. The molecule has 0 saturated carbocycles. The highest BCUT2D eigenvalue weighted by atomic mass is 15.2. The van der Waals surface area contributed by atoms with Gasteiger partial charge in [-0.2, -0.15) is 0 Å². The molecule has 0 radical (unpaired) electrons. The highest BCUT2D eigenvalue weighted by Gasteiger charge is 2.41. The Kier molecular flexibility index (Phi) is 6.37. The minimum atomic E-state index is -0.252. The number of anilines is 2. The summed E-state index contributed by atoms with van der Waals surface area (Å²) in [5.41, 5.74) is 8.79. The maximum Gasteiger partial charge on any atom is 0.137 e. The summed E-state index contributed by atoms with van der Waals surface area (Å²) in [4.78, 5) is 12.3. The van der Waals surface area contributed by atoms with Gasteiger partial charge in [0, 0.05) is 41.0 Å². The van der Waals surface area contributed by atoms with Gasteiger partial charge in [0.25, 0.3) is 0 Å². The minimum absolute atomic E-state index is 0.0921. The van der Waals surface area contributed by atoms with E-state index in [1.54, 1.807) is 0 Å². The van der Waals surface area contributed by atoms with Crippen molar-refractivity contribution in [3.63, 3.8) is 0 Å². The largest absolute Gasteiger partial charge is 0.325 e. The lowest BCUT2D eigenvalue weighted by molar-refractivity contribution is 0.474. The summed E-state index contributed by atoms with van der Waals surface area (Å²) in [6.45, 7) is 6.45. The van der Waals surface area contributed by atoms with E-state index in [2.05, 4.69) is 140 Å². The van der Waals surface area contributed by atoms with Crippen LogP contribution in [0.2, 0.25) is 0 Å². The Balaban J connectivity index is 1.28. The molecule has 3 aromatic carbocycles. The number of pyridine rings is 1. The quantitative estimate of drug-likeness (QED) is 0.239. The topological polar surface area (TPSA) is 28.5 Å². The number of aromatic nitrogens is 1. The van der Waals surface area contributed by atoms with E-state index >= 15 is 0 Å². The third kappa shape index (κ3) is 4.42. The number of rotatable bonds is 5. The summed E-state index contributed by atoms with van der Waals surface area (Å²) in [7, 11) is 0. The standard InChI is InChI=1S/C41H37N3/c1-40(2)36-24-30(26-41-21-9-8-14-34(41)19-22-42-28-41)15-18-37(36)44(27-29-10-4-3-5-11-29)39-38(40)35(20-23-43-39)33-17-16-31-12-6-7-13-32(31)25-33/h3-10,12-25,29H,11,26-28H2,1-2H3. The van der Waals surface area contributed by atoms with Crippen molar-refractivity contribution in [1.82, 2.24) is 4.98 Å². The molecule has 2 atom stereocenters. The number of hydrogen-bond donors (Lipinski definition) is 0. The second kappa shape index (κ2) is 10.4. The van der Waals surface area contributed by atoms with E-state index in [1.165, 1.54) is 49.9 Å². The molecule has 3 heteroatoms. The average molecular weight is 572 g/mol. The molecule has 0 saturated heterocycles. The number of hydrogen-bond acceptors (Lipinski definition) is 3. The van der Waals surface area contributed by atoms with Crippen molar-refractivity contribution in [3.8, 4) is 11.1 Å². The van der Waals surface area contributed by atoms with E-state index < -0.39 is 0 Å². The van der Waals surface area contributed by atoms with Gasteiger partial charge in [0.2, 0.25) is 0 Å². The van der Waals surface area contributed by atoms with E-state index in [9.17, 15) is 0 Å². The lowest BCUT2D eigenvalue weighted by Crippen LogP contribution is -2.37. The number of aliphatic imine (C=N–C) groups is 1. The minimum Gasteiger partial charge on any atom is -0.325 e. The second-order valence-corrected chi connectivity index (χ2v) is 13.2. The van der Waals surface area contributed by atoms with Crippen molar-refractivity contribution >= 4 is 28.5 Å². The maximum atomic E-state index is 5.12. The SMILES string of the molecule is CC1(C)c2cc(CC34C=CC=CC3=CC=NC4)ccc2N(CC2C=CC=CC2)c2nccc(-c3ccc4ccccc4c3)c21. The molecule has 44 heavy (non-hydrogen) atoms. The van der Waals surface area contributed by atoms with Crippen LogP contribution in [-0.4, -0.2) is 24.3 Å². The molecular weight excluding hydrogens is 534 g/mol. The molecule has 2 aliphatic carbocycles. The van der Waals surface area contributed by atoms with Crippen LogP contribution < -0.4 is 4.90 Å². The number of dihydropyridines is 1. The van der Waals surface area contributed by atoms with Gasteiger partial charge in [-0.3, -0.25) is 4.99 Å². The first-order valence-corrected chi connectivity index (χ1v) is 15.8. The fourth-order valence-electron chi connectivity index (χ4n) is 7.69. The van der Waals surface area contributed by atoms with Gasteiger partial charge in [-0.25, -0.2) is 4.98 Å². The molecule has 0 spiro atoms. The summed E-state index contributed by atoms with van der Waals surface area (Å²) < 4.78 is 0. The molecule has 2 aliphatic heterocycles. The highest BCUT2D eigenvalue weighted by molar-refractivity contribution is 5.90. The van der Waals surface area contributed by atoms with Crippen LogP contribution in [0.1, 0.15) is 37.0 Å². The second-order valence-electron chi connectivity index (χ2n) is 13.2. The Bertz CT molecular complexity index is 1970.